The molecule has 158 valence electrons. The van der Waals surface area contributed by atoms with Gasteiger partial charge in [0, 0.05) is 37.1 Å². The SMILES string of the molecule is O=C(/C=C/c1cccs1)NC(=S)N1CCN(C(c2ccccc2)c2ccccc2)CC1. The summed E-state index contributed by atoms with van der Waals surface area (Å²) >= 11 is 7.10. The average Bonchev–Trinajstić information content (AvgIpc) is 3.34. The second-order valence-electron chi connectivity index (χ2n) is 7.39. The minimum atomic E-state index is -0.188. The standard InChI is InChI=1S/C25H25N3OS2/c29-23(14-13-22-12-7-19-31-22)26-25(30)28-17-15-27(16-18-28)24(20-8-3-1-4-9-20)21-10-5-2-6-11-21/h1-14,19,24H,15-18H2,(H,26,29,30)/b14-13+. The molecule has 0 saturated carbocycles. The second-order valence-corrected chi connectivity index (χ2v) is 8.76. The molecular formula is C25H25N3OS2. The van der Waals surface area contributed by atoms with Crippen LogP contribution >= 0.6 is 23.6 Å². The van der Waals surface area contributed by atoms with Crippen LogP contribution in [0.4, 0.5) is 0 Å². The number of nitrogens with zero attached hydrogens (tertiary/aromatic N) is 2. The van der Waals surface area contributed by atoms with Crippen LogP contribution in [-0.2, 0) is 4.79 Å². The number of piperazine rings is 1. The summed E-state index contributed by atoms with van der Waals surface area (Å²) in [6.45, 7) is 3.30. The first-order valence-corrected chi connectivity index (χ1v) is 11.6. The van der Waals surface area contributed by atoms with Crippen molar-refractivity contribution >= 4 is 40.7 Å². The summed E-state index contributed by atoms with van der Waals surface area (Å²) in [5.74, 6) is -0.188. The highest BCUT2D eigenvalue weighted by Crippen LogP contribution is 2.29. The quantitative estimate of drug-likeness (QED) is 0.459. The highest BCUT2D eigenvalue weighted by atomic mass is 32.1. The molecule has 2 aromatic carbocycles. The number of thiocarbonyl (C=S) groups is 1. The number of hydrogen-bond acceptors (Lipinski definition) is 4. The molecule has 2 heterocycles. The van der Waals surface area contributed by atoms with Gasteiger partial charge >= 0.3 is 0 Å². The van der Waals surface area contributed by atoms with E-state index in [1.165, 1.54) is 17.2 Å². The third-order valence-corrected chi connectivity index (χ3v) is 6.57. The summed E-state index contributed by atoms with van der Waals surface area (Å²) < 4.78 is 0. The van der Waals surface area contributed by atoms with Crippen molar-refractivity contribution in [3.8, 4) is 0 Å². The average molecular weight is 448 g/mol. The van der Waals surface area contributed by atoms with Gasteiger partial charge in [-0.25, -0.2) is 0 Å². The summed E-state index contributed by atoms with van der Waals surface area (Å²) in [5, 5.41) is 5.32. The van der Waals surface area contributed by atoms with Crippen LogP contribution in [0.2, 0.25) is 0 Å². The van der Waals surface area contributed by atoms with Gasteiger partial charge in [0.1, 0.15) is 0 Å². The Bertz CT molecular complexity index is 972. The summed E-state index contributed by atoms with van der Waals surface area (Å²) in [4.78, 5) is 17.8. The summed E-state index contributed by atoms with van der Waals surface area (Å²) in [5.41, 5.74) is 2.58. The molecule has 0 spiro atoms. The van der Waals surface area contributed by atoms with Crippen molar-refractivity contribution in [3.05, 3.63) is 100 Å². The highest BCUT2D eigenvalue weighted by molar-refractivity contribution is 7.80. The monoisotopic (exact) mass is 447 g/mol. The van der Waals surface area contributed by atoms with Crippen LogP contribution in [0, 0.1) is 0 Å². The van der Waals surface area contributed by atoms with Gasteiger partial charge in [0.2, 0.25) is 5.91 Å². The van der Waals surface area contributed by atoms with Crippen LogP contribution in [0.1, 0.15) is 22.0 Å². The lowest BCUT2D eigenvalue weighted by Crippen LogP contribution is -2.53. The molecule has 1 fully saturated rings. The van der Waals surface area contributed by atoms with E-state index in [4.69, 9.17) is 12.2 Å². The fourth-order valence-electron chi connectivity index (χ4n) is 3.84. The Morgan fingerprint density at radius 2 is 1.52 bits per heavy atom. The fraction of sp³-hybridized carbons (Fsp3) is 0.200. The van der Waals surface area contributed by atoms with Crippen LogP contribution in [0.5, 0.6) is 0 Å². The topological polar surface area (TPSA) is 35.6 Å². The smallest absolute Gasteiger partial charge is 0.250 e. The third kappa shape index (κ3) is 5.67. The number of rotatable bonds is 5. The summed E-state index contributed by atoms with van der Waals surface area (Å²) in [7, 11) is 0. The first-order chi connectivity index (χ1) is 15.2. The minimum absolute atomic E-state index is 0.188. The van der Waals surface area contributed by atoms with E-state index in [-0.39, 0.29) is 11.9 Å². The van der Waals surface area contributed by atoms with E-state index < -0.39 is 0 Å². The van der Waals surface area contributed by atoms with E-state index >= 15 is 0 Å². The van der Waals surface area contributed by atoms with Gasteiger partial charge in [-0.2, -0.15) is 0 Å². The normalized spacial score (nSPS) is 14.8. The molecule has 1 saturated heterocycles. The van der Waals surface area contributed by atoms with Crippen molar-refractivity contribution in [1.29, 1.82) is 0 Å². The Labute approximate surface area is 192 Å². The summed E-state index contributed by atoms with van der Waals surface area (Å²) in [6, 6.07) is 25.4. The Morgan fingerprint density at radius 1 is 0.903 bits per heavy atom. The van der Waals surface area contributed by atoms with Crippen LogP contribution < -0.4 is 5.32 Å². The van der Waals surface area contributed by atoms with Crippen molar-refractivity contribution in [2.24, 2.45) is 0 Å². The van der Waals surface area contributed by atoms with E-state index in [0.717, 1.165) is 31.1 Å². The molecule has 0 radical (unpaired) electrons. The van der Waals surface area contributed by atoms with Crippen molar-refractivity contribution in [2.45, 2.75) is 6.04 Å². The van der Waals surface area contributed by atoms with Crippen molar-refractivity contribution < 1.29 is 4.79 Å². The zero-order chi connectivity index (χ0) is 21.5. The number of nitrogens with one attached hydrogen (secondary N) is 1. The van der Waals surface area contributed by atoms with Crippen LogP contribution in [0.3, 0.4) is 0 Å². The second kappa shape index (κ2) is 10.5. The fourth-order valence-corrected chi connectivity index (χ4v) is 4.74. The van der Waals surface area contributed by atoms with E-state index in [9.17, 15) is 4.79 Å². The lowest BCUT2D eigenvalue weighted by Gasteiger charge is -2.40. The molecule has 0 bridgehead atoms. The van der Waals surface area contributed by atoms with Gasteiger partial charge in [-0.1, -0.05) is 66.7 Å². The van der Waals surface area contributed by atoms with Gasteiger partial charge in [0.25, 0.3) is 0 Å². The molecule has 1 aliphatic rings. The molecule has 0 atom stereocenters. The Balaban J connectivity index is 1.37. The molecule has 1 N–H and O–H groups in total. The molecule has 3 aromatic rings. The number of amides is 1. The van der Waals surface area contributed by atoms with Crippen LogP contribution in [0.25, 0.3) is 6.08 Å². The minimum Gasteiger partial charge on any atom is -0.346 e. The first kappa shape index (κ1) is 21.4. The summed E-state index contributed by atoms with van der Waals surface area (Å²) in [6.07, 6.45) is 3.35. The number of carbonyl (C=O) groups excluding carboxylic acids is 1. The van der Waals surface area contributed by atoms with E-state index in [2.05, 4.69) is 75.8 Å². The van der Waals surface area contributed by atoms with Gasteiger partial charge in [0.05, 0.1) is 6.04 Å². The molecule has 1 aromatic heterocycles. The zero-order valence-corrected chi connectivity index (χ0v) is 18.8. The Morgan fingerprint density at radius 3 is 2.06 bits per heavy atom. The maximum atomic E-state index is 12.2. The molecule has 6 heteroatoms. The van der Waals surface area contributed by atoms with Gasteiger partial charge in [-0.05, 0) is 40.9 Å². The maximum Gasteiger partial charge on any atom is 0.250 e. The third-order valence-electron chi connectivity index (χ3n) is 5.37. The molecular weight excluding hydrogens is 422 g/mol. The Hall–Kier alpha value is -2.80. The van der Waals surface area contributed by atoms with Gasteiger partial charge < -0.3 is 4.90 Å². The van der Waals surface area contributed by atoms with Gasteiger partial charge in [-0.15, -0.1) is 11.3 Å². The number of thiophene rings is 1. The highest BCUT2D eigenvalue weighted by Gasteiger charge is 2.27. The number of carbonyl (C=O) groups is 1. The van der Waals surface area contributed by atoms with Crippen LogP contribution in [0.15, 0.2) is 84.3 Å². The van der Waals surface area contributed by atoms with Crippen molar-refractivity contribution in [2.75, 3.05) is 26.2 Å². The number of benzene rings is 2. The molecule has 0 aliphatic carbocycles. The Kier molecular flexibility index (Phi) is 7.25. The lowest BCUT2D eigenvalue weighted by atomic mass is 9.96. The van der Waals surface area contributed by atoms with Crippen molar-refractivity contribution in [1.82, 2.24) is 15.1 Å². The number of hydrogen-bond donors (Lipinski definition) is 1. The van der Waals surface area contributed by atoms with Gasteiger partial charge in [0.15, 0.2) is 5.11 Å². The first-order valence-electron chi connectivity index (χ1n) is 10.4. The molecule has 4 rings (SSSR count). The molecule has 4 nitrogen and oxygen atoms in total. The largest absolute Gasteiger partial charge is 0.346 e. The molecule has 1 aliphatic heterocycles. The lowest BCUT2D eigenvalue weighted by molar-refractivity contribution is -0.115. The van der Waals surface area contributed by atoms with Gasteiger partial charge in [-0.3, -0.25) is 15.0 Å². The predicted molar refractivity (Wildman–Crippen MR) is 132 cm³/mol. The molecule has 1 amide bonds. The van der Waals surface area contributed by atoms with E-state index in [1.807, 2.05) is 23.6 Å². The zero-order valence-electron chi connectivity index (χ0n) is 17.2. The van der Waals surface area contributed by atoms with E-state index in [1.54, 1.807) is 11.3 Å². The maximum absolute atomic E-state index is 12.2. The molecule has 31 heavy (non-hydrogen) atoms. The van der Waals surface area contributed by atoms with Crippen LogP contribution in [-0.4, -0.2) is 47.0 Å². The molecule has 0 unspecified atom stereocenters. The van der Waals surface area contributed by atoms with Crippen molar-refractivity contribution in [3.63, 3.8) is 0 Å². The van der Waals surface area contributed by atoms with E-state index in [0.29, 0.717) is 5.11 Å². The predicted octanol–water partition coefficient (Wildman–Crippen LogP) is 4.57.